The van der Waals surface area contributed by atoms with Crippen LogP contribution in [0.5, 0.6) is 0 Å². The fraction of sp³-hybridized carbons (Fsp3) is 0.636. The summed E-state index contributed by atoms with van der Waals surface area (Å²) in [5.74, 6) is -0.00735. The molecule has 26 heavy (non-hydrogen) atoms. The Morgan fingerprint density at radius 3 is 2.65 bits per heavy atom. The summed E-state index contributed by atoms with van der Waals surface area (Å²) in [6.45, 7) is 6.49. The number of carbonyl (C=O) groups is 2. The van der Waals surface area contributed by atoms with E-state index in [1.165, 1.54) is 0 Å². The van der Waals surface area contributed by atoms with Crippen LogP contribution in [0.2, 0.25) is 0 Å². The van der Waals surface area contributed by atoms with E-state index in [-0.39, 0.29) is 24.0 Å². The van der Waals surface area contributed by atoms with E-state index in [0.29, 0.717) is 24.5 Å². The minimum Gasteiger partial charge on any atom is -0.462 e. The average molecular weight is 360 g/mol. The fourth-order valence-electron chi connectivity index (χ4n) is 3.73. The van der Waals surface area contributed by atoms with Crippen LogP contribution in [0.15, 0.2) is 24.3 Å². The molecule has 0 bridgehead atoms. The van der Waals surface area contributed by atoms with Gasteiger partial charge in [0.2, 0.25) is 0 Å². The van der Waals surface area contributed by atoms with Gasteiger partial charge < -0.3 is 9.47 Å². The van der Waals surface area contributed by atoms with Crippen molar-refractivity contribution in [2.75, 3.05) is 6.61 Å². The highest BCUT2D eigenvalue weighted by molar-refractivity contribution is 5.90. The first kappa shape index (κ1) is 20.5. The number of aryl methyl sites for hydroxylation is 1. The average Bonchev–Trinajstić information content (AvgIpc) is 2.64. The van der Waals surface area contributed by atoms with Crippen LogP contribution in [0.4, 0.5) is 0 Å². The zero-order chi connectivity index (χ0) is 18.9. The number of ether oxygens (including phenoxy) is 2. The molecule has 1 heterocycles. The molecule has 3 atom stereocenters. The van der Waals surface area contributed by atoms with Gasteiger partial charge in [-0.05, 0) is 56.6 Å². The van der Waals surface area contributed by atoms with Gasteiger partial charge in [0.05, 0.1) is 18.1 Å². The van der Waals surface area contributed by atoms with Crippen LogP contribution in [-0.2, 0) is 14.3 Å². The van der Waals surface area contributed by atoms with Crippen molar-refractivity contribution < 1.29 is 19.1 Å². The Morgan fingerprint density at radius 1 is 1.19 bits per heavy atom. The number of unbranched alkanes of at least 4 members (excludes halogenated alkanes) is 1. The Balaban J connectivity index is 1.83. The molecule has 1 fully saturated rings. The Bertz CT molecular complexity index is 596. The van der Waals surface area contributed by atoms with Gasteiger partial charge in [-0.15, -0.1) is 0 Å². The third-order valence-electron chi connectivity index (χ3n) is 5.36. The highest BCUT2D eigenvalue weighted by Gasteiger charge is 2.36. The molecule has 4 nitrogen and oxygen atoms in total. The van der Waals surface area contributed by atoms with E-state index in [0.717, 1.165) is 44.1 Å². The van der Waals surface area contributed by atoms with Gasteiger partial charge in [-0.25, -0.2) is 4.79 Å². The molecule has 0 aromatic heterocycles. The molecule has 1 aliphatic rings. The van der Waals surface area contributed by atoms with E-state index in [9.17, 15) is 9.59 Å². The van der Waals surface area contributed by atoms with Crippen molar-refractivity contribution in [1.29, 1.82) is 0 Å². The Kier molecular flexibility index (Phi) is 8.14. The largest absolute Gasteiger partial charge is 0.462 e. The molecule has 0 spiro atoms. The summed E-state index contributed by atoms with van der Waals surface area (Å²) in [6.07, 6.45) is 6.71. The molecule has 0 amide bonds. The van der Waals surface area contributed by atoms with E-state index in [1.807, 2.05) is 25.1 Å². The summed E-state index contributed by atoms with van der Waals surface area (Å²) in [4.78, 5) is 24.6. The van der Waals surface area contributed by atoms with E-state index in [4.69, 9.17) is 9.47 Å². The molecule has 0 aliphatic carbocycles. The molecule has 4 heteroatoms. The molecule has 1 aromatic carbocycles. The zero-order valence-electron chi connectivity index (χ0n) is 16.3. The van der Waals surface area contributed by atoms with Crippen molar-refractivity contribution in [1.82, 2.24) is 0 Å². The second-order valence-electron chi connectivity index (χ2n) is 7.30. The highest BCUT2D eigenvalue weighted by Crippen LogP contribution is 2.34. The van der Waals surface area contributed by atoms with Gasteiger partial charge >= 0.3 is 11.9 Å². The Hall–Kier alpha value is -1.84. The van der Waals surface area contributed by atoms with Crippen molar-refractivity contribution in [2.45, 2.75) is 71.8 Å². The normalized spacial score (nSPS) is 22.7. The molecule has 0 radical (unpaired) electrons. The topological polar surface area (TPSA) is 52.6 Å². The molecular formula is C22H32O4. The second kappa shape index (κ2) is 10.3. The van der Waals surface area contributed by atoms with Crippen molar-refractivity contribution in [3.63, 3.8) is 0 Å². The lowest BCUT2D eigenvalue weighted by Gasteiger charge is -2.35. The summed E-state index contributed by atoms with van der Waals surface area (Å²) < 4.78 is 11.0. The van der Waals surface area contributed by atoms with Crippen LogP contribution in [0, 0.1) is 18.8 Å². The van der Waals surface area contributed by atoms with Crippen LogP contribution in [0.1, 0.15) is 74.7 Å². The number of hydrogen-bond acceptors (Lipinski definition) is 4. The van der Waals surface area contributed by atoms with Crippen LogP contribution in [0.25, 0.3) is 0 Å². The first-order valence-electron chi connectivity index (χ1n) is 10.00. The minimum absolute atomic E-state index is 0.0542. The quantitative estimate of drug-likeness (QED) is 0.455. The minimum atomic E-state index is -0.289. The predicted octanol–water partition coefficient (Wildman–Crippen LogP) is 5.08. The number of hydrogen-bond donors (Lipinski definition) is 0. The molecular weight excluding hydrogens is 328 g/mol. The van der Waals surface area contributed by atoms with Gasteiger partial charge in [-0.2, -0.15) is 0 Å². The van der Waals surface area contributed by atoms with Gasteiger partial charge in [-0.3, -0.25) is 4.79 Å². The first-order chi connectivity index (χ1) is 12.6. The van der Waals surface area contributed by atoms with Crippen LogP contribution in [-0.4, -0.2) is 24.6 Å². The van der Waals surface area contributed by atoms with Gasteiger partial charge in [0.15, 0.2) is 0 Å². The molecule has 3 unspecified atom stereocenters. The monoisotopic (exact) mass is 360 g/mol. The maximum absolute atomic E-state index is 12.4. The van der Waals surface area contributed by atoms with Crippen LogP contribution in [0.3, 0.4) is 0 Å². The summed E-state index contributed by atoms with van der Waals surface area (Å²) in [5.41, 5.74) is 1.52. The highest BCUT2D eigenvalue weighted by atomic mass is 16.5. The van der Waals surface area contributed by atoms with Crippen molar-refractivity contribution in [3.8, 4) is 0 Å². The maximum Gasteiger partial charge on any atom is 0.338 e. The molecule has 144 valence electrons. The lowest BCUT2D eigenvalue weighted by molar-refractivity contribution is -0.166. The van der Waals surface area contributed by atoms with E-state index < -0.39 is 0 Å². The smallest absolute Gasteiger partial charge is 0.338 e. The van der Waals surface area contributed by atoms with Gasteiger partial charge in [0, 0.05) is 0 Å². The Morgan fingerprint density at radius 2 is 1.96 bits per heavy atom. The van der Waals surface area contributed by atoms with Crippen LogP contribution >= 0.6 is 0 Å². The van der Waals surface area contributed by atoms with Gasteiger partial charge in [0.1, 0.15) is 6.10 Å². The van der Waals surface area contributed by atoms with Gasteiger partial charge in [0.25, 0.3) is 0 Å². The number of cyclic esters (lactones) is 1. The molecule has 1 saturated heterocycles. The van der Waals surface area contributed by atoms with Crippen molar-refractivity contribution in [3.05, 3.63) is 35.4 Å². The molecule has 0 saturated carbocycles. The summed E-state index contributed by atoms with van der Waals surface area (Å²) in [7, 11) is 0. The number of carbonyl (C=O) groups excluding carboxylic acids is 2. The third kappa shape index (κ3) is 5.58. The molecule has 1 aromatic rings. The standard InChI is InChI=1S/C22H32O4/c1-4-6-11-17-15-18(5-2)26-22(24)20(17)13-9-14-25-21(23)19-12-8-7-10-16(19)3/h7-8,10,12,17-18,20H,4-6,9,11,13-15H2,1-3H3. The lowest BCUT2D eigenvalue weighted by atomic mass is 9.79. The molecule has 1 aliphatic heterocycles. The summed E-state index contributed by atoms with van der Waals surface area (Å²) in [5, 5.41) is 0. The Labute approximate surface area is 157 Å². The van der Waals surface area contributed by atoms with Crippen LogP contribution < -0.4 is 0 Å². The fourth-order valence-corrected chi connectivity index (χ4v) is 3.73. The maximum atomic E-state index is 12.4. The number of rotatable bonds is 9. The molecule has 2 rings (SSSR count). The van der Waals surface area contributed by atoms with E-state index in [2.05, 4.69) is 13.8 Å². The van der Waals surface area contributed by atoms with Gasteiger partial charge in [-0.1, -0.05) is 44.9 Å². The lowest BCUT2D eigenvalue weighted by Crippen LogP contribution is -2.38. The zero-order valence-corrected chi connectivity index (χ0v) is 16.3. The number of esters is 2. The third-order valence-corrected chi connectivity index (χ3v) is 5.36. The first-order valence-corrected chi connectivity index (χ1v) is 10.00. The summed E-state index contributed by atoms with van der Waals surface area (Å²) >= 11 is 0. The van der Waals surface area contributed by atoms with Crippen molar-refractivity contribution in [2.24, 2.45) is 11.8 Å². The van der Waals surface area contributed by atoms with Crippen molar-refractivity contribution >= 4 is 11.9 Å². The number of benzene rings is 1. The molecule has 0 N–H and O–H groups in total. The second-order valence-corrected chi connectivity index (χ2v) is 7.30. The van der Waals surface area contributed by atoms with E-state index in [1.54, 1.807) is 6.07 Å². The SMILES string of the molecule is CCCCC1CC(CC)OC(=O)C1CCCOC(=O)c1ccccc1C. The predicted molar refractivity (Wildman–Crippen MR) is 102 cm³/mol. The summed E-state index contributed by atoms with van der Waals surface area (Å²) in [6, 6.07) is 7.42. The van der Waals surface area contributed by atoms with E-state index >= 15 is 0 Å².